The Morgan fingerprint density at radius 2 is 1.86 bits per heavy atom. The molecule has 0 aliphatic rings. The number of hydrogen-bond donors (Lipinski definition) is 1. The van der Waals surface area contributed by atoms with E-state index < -0.39 is 0 Å². The number of hydrogen-bond acceptors (Lipinski definition) is 4. The van der Waals surface area contributed by atoms with Crippen LogP contribution in [0.5, 0.6) is 0 Å². The first-order valence-corrected chi connectivity index (χ1v) is 9.76. The van der Waals surface area contributed by atoms with Gasteiger partial charge in [0, 0.05) is 18.4 Å². The van der Waals surface area contributed by atoms with Crippen molar-refractivity contribution in [3.63, 3.8) is 0 Å². The van der Waals surface area contributed by atoms with Gasteiger partial charge in [-0.1, -0.05) is 48.9 Å². The van der Waals surface area contributed by atoms with Crippen LogP contribution in [-0.2, 0) is 24.3 Å². The first-order valence-electron chi connectivity index (χ1n) is 9.76. The van der Waals surface area contributed by atoms with Crippen LogP contribution in [-0.4, -0.2) is 25.1 Å². The molecule has 1 N–H and O–H groups in total. The molecule has 0 radical (unpaired) electrons. The number of nitrogens with zero attached hydrogens (tertiary/aromatic N) is 4. The normalized spacial score (nSPS) is 11.2. The molecule has 0 atom stereocenters. The summed E-state index contributed by atoms with van der Waals surface area (Å²) in [6.45, 7) is 4.40. The minimum absolute atomic E-state index is 0.0792. The summed E-state index contributed by atoms with van der Waals surface area (Å²) in [5.74, 6) is 0.405. The Morgan fingerprint density at radius 1 is 1.10 bits per heavy atom. The minimum atomic E-state index is -0.362. The summed E-state index contributed by atoms with van der Waals surface area (Å²) < 4.78 is 2.76. The highest BCUT2D eigenvalue weighted by Gasteiger charge is 2.16. The van der Waals surface area contributed by atoms with E-state index in [2.05, 4.69) is 15.4 Å². The van der Waals surface area contributed by atoms with Crippen molar-refractivity contribution in [1.29, 1.82) is 0 Å². The van der Waals surface area contributed by atoms with Gasteiger partial charge >= 0.3 is 5.69 Å². The number of amides is 1. The molecule has 4 aromatic rings. The van der Waals surface area contributed by atoms with Crippen LogP contribution < -0.4 is 11.0 Å². The van der Waals surface area contributed by atoms with Gasteiger partial charge in [-0.25, -0.2) is 9.78 Å². The molecule has 1 amide bonds. The Morgan fingerprint density at radius 3 is 2.62 bits per heavy atom. The Hall–Kier alpha value is -3.48. The largest absolute Gasteiger partial charge is 0.351 e. The summed E-state index contributed by atoms with van der Waals surface area (Å²) in [7, 11) is 0. The number of aromatic nitrogens is 4. The molecule has 148 valence electrons. The van der Waals surface area contributed by atoms with E-state index >= 15 is 0 Å². The van der Waals surface area contributed by atoms with E-state index in [0.717, 1.165) is 17.4 Å². The quantitative estimate of drug-likeness (QED) is 0.550. The lowest BCUT2D eigenvalue weighted by molar-refractivity contribution is -0.121. The Bertz CT molecular complexity index is 1240. The number of benzene rings is 2. The van der Waals surface area contributed by atoms with E-state index in [1.807, 2.05) is 62.4 Å². The lowest BCUT2D eigenvalue weighted by Gasteiger charge is -2.11. The summed E-state index contributed by atoms with van der Waals surface area (Å²) in [5, 5.41) is 8.05. The van der Waals surface area contributed by atoms with Crippen molar-refractivity contribution in [1.82, 2.24) is 24.5 Å². The SMILES string of the molecule is CCCc1nc2c3ccccc3n(CC(=O)NCc3ccc(C)cc3)c(=O)n2n1. The van der Waals surface area contributed by atoms with Gasteiger partial charge in [-0.3, -0.25) is 9.36 Å². The molecular weight excluding hydrogens is 366 g/mol. The first-order chi connectivity index (χ1) is 14.1. The summed E-state index contributed by atoms with van der Waals surface area (Å²) >= 11 is 0. The molecule has 0 fully saturated rings. The molecule has 0 bridgehead atoms. The van der Waals surface area contributed by atoms with Gasteiger partial charge in [-0.15, -0.1) is 5.10 Å². The van der Waals surface area contributed by atoms with Crippen molar-refractivity contribution in [2.45, 2.75) is 39.8 Å². The maximum absolute atomic E-state index is 13.1. The third-order valence-corrected chi connectivity index (χ3v) is 4.88. The van der Waals surface area contributed by atoms with Crippen LogP contribution in [0.1, 0.15) is 30.3 Å². The minimum Gasteiger partial charge on any atom is -0.350 e. The topological polar surface area (TPSA) is 81.3 Å². The number of carbonyl (C=O) groups excluding carboxylic acids is 1. The van der Waals surface area contributed by atoms with E-state index in [1.165, 1.54) is 14.6 Å². The van der Waals surface area contributed by atoms with Crippen molar-refractivity contribution in [2.24, 2.45) is 0 Å². The van der Waals surface area contributed by atoms with Gasteiger partial charge in [0.1, 0.15) is 6.54 Å². The average molecular weight is 389 g/mol. The van der Waals surface area contributed by atoms with Gasteiger partial charge in [-0.05, 0) is 31.0 Å². The lowest BCUT2D eigenvalue weighted by Crippen LogP contribution is -2.35. The maximum Gasteiger partial charge on any atom is 0.351 e. The fraction of sp³-hybridized carbons (Fsp3) is 0.273. The van der Waals surface area contributed by atoms with Gasteiger partial charge in [0.05, 0.1) is 5.52 Å². The smallest absolute Gasteiger partial charge is 0.350 e. The molecule has 0 aliphatic carbocycles. The molecule has 0 unspecified atom stereocenters. The van der Waals surface area contributed by atoms with Gasteiger partial charge < -0.3 is 5.32 Å². The standard InChI is InChI=1S/C22H23N5O2/c1-3-6-19-24-21-17-7-4-5-8-18(17)26(22(29)27(21)25-19)14-20(28)23-13-16-11-9-15(2)10-12-16/h4-5,7-12H,3,6,13-14H2,1-2H3,(H,23,28). The Labute approximate surface area is 168 Å². The number of para-hydroxylation sites is 1. The molecule has 0 spiro atoms. The zero-order valence-electron chi connectivity index (χ0n) is 16.6. The third kappa shape index (κ3) is 3.76. The van der Waals surface area contributed by atoms with Crippen LogP contribution >= 0.6 is 0 Å². The van der Waals surface area contributed by atoms with Crippen LogP contribution in [0, 0.1) is 6.92 Å². The van der Waals surface area contributed by atoms with Crippen molar-refractivity contribution in [3.8, 4) is 0 Å². The van der Waals surface area contributed by atoms with E-state index in [1.54, 1.807) is 0 Å². The molecule has 7 nitrogen and oxygen atoms in total. The molecule has 29 heavy (non-hydrogen) atoms. The number of fused-ring (bicyclic) bond motifs is 3. The lowest BCUT2D eigenvalue weighted by atomic mass is 10.1. The molecule has 0 saturated heterocycles. The molecule has 0 saturated carbocycles. The number of rotatable bonds is 6. The Kier molecular flexibility index (Phi) is 5.12. The number of nitrogens with one attached hydrogen (secondary N) is 1. The monoisotopic (exact) mass is 389 g/mol. The average Bonchev–Trinajstić information content (AvgIpc) is 3.15. The first kappa shape index (κ1) is 18.9. The maximum atomic E-state index is 13.1. The molecule has 2 aromatic carbocycles. The summed E-state index contributed by atoms with van der Waals surface area (Å²) in [4.78, 5) is 30.2. The molecule has 0 aliphatic heterocycles. The van der Waals surface area contributed by atoms with Crippen LogP contribution in [0.3, 0.4) is 0 Å². The van der Waals surface area contributed by atoms with Gasteiger partial charge in [0.2, 0.25) is 5.91 Å². The molecule has 4 rings (SSSR count). The summed E-state index contributed by atoms with van der Waals surface area (Å²) in [6.07, 6.45) is 1.59. The predicted molar refractivity (Wildman–Crippen MR) is 112 cm³/mol. The van der Waals surface area contributed by atoms with E-state index in [9.17, 15) is 9.59 Å². The third-order valence-electron chi connectivity index (χ3n) is 4.88. The van der Waals surface area contributed by atoms with Crippen LogP contribution in [0.4, 0.5) is 0 Å². The highest BCUT2D eigenvalue weighted by Crippen LogP contribution is 2.17. The zero-order chi connectivity index (χ0) is 20.4. The highest BCUT2D eigenvalue weighted by atomic mass is 16.2. The fourth-order valence-corrected chi connectivity index (χ4v) is 3.37. The van der Waals surface area contributed by atoms with E-state index in [0.29, 0.717) is 30.0 Å². The van der Waals surface area contributed by atoms with Crippen molar-refractivity contribution in [3.05, 3.63) is 76.0 Å². The predicted octanol–water partition coefficient (Wildman–Crippen LogP) is 2.62. The fourth-order valence-electron chi connectivity index (χ4n) is 3.37. The van der Waals surface area contributed by atoms with Crippen molar-refractivity contribution >= 4 is 22.5 Å². The van der Waals surface area contributed by atoms with Crippen LogP contribution in [0.2, 0.25) is 0 Å². The van der Waals surface area contributed by atoms with Gasteiger partial charge in [0.25, 0.3) is 0 Å². The second-order valence-electron chi connectivity index (χ2n) is 7.16. The molecule has 7 heteroatoms. The van der Waals surface area contributed by atoms with E-state index in [4.69, 9.17) is 0 Å². The van der Waals surface area contributed by atoms with Gasteiger partial charge in [0.15, 0.2) is 11.5 Å². The molecule has 2 aromatic heterocycles. The highest BCUT2D eigenvalue weighted by molar-refractivity contribution is 5.92. The van der Waals surface area contributed by atoms with Gasteiger partial charge in [-0.2, -0.15) is 4.52 Å². The van der Waals surface area contributed by atoms with Crippen molar-refractivity contribution < 1.29 is 4.79 Å². The number of aryl methyl sites for hydroxylation is 2. The van der Waals surface area contributed by atoms with Crippen LogP contribution in [0.15, 0.2) is 53.3 Å². The molecular formula is C22H23N5O2. The number of carbonyl (C=O) groups is 1. The van der Waals surface area contributed by atoms with Crippen LogP contribution in [0.25, 0.3) is 16.6 Å². The zero-order valence-corrected chi connectivity index (χ0v) is 16.6. The Balaban J connectivity index is 1.66. The van der Waals surface area contributed by atoms with E-state index in [-0.39, 0.29) is 18.1 Å². The molecule has 2 heterocycles. The summed E-state index contributed by atoms with van der Waals surface area (Å²) in [6, 6.07) is 15.4. The summed E-state index contributed by atoms with van der Waals surface area (Å²) in [5.41, 5.74) is 3.02. The van der Waals surface area contributed by atoms with Crippen molar-refractivity contribution in [2.75, 3.05) is 0 Å². The second kappa shape index (κ2) is 7.87. The second-order valence-corrected chi connectivity index (χ2v) is 7.16.